The monoisotopic (exact) mass is 1040 g/mol. The van der Waals surface area contributed by atoms with Gasteiger partial charge in [-0.05, 0) is 51.4 Å². The van der Waals surface area contributed by atoms with Crippen LogP contribution in [0.25, 0.3) is 0 Å². The molecule has 9 N–H and O–H groups in total. The molecule has 2 heterocycles. The molecule has 0 aliphatic carbocycles. The van der Waals surface area contributed by atoms with Crippen molar-refractivity contribution in [3.63, 3.8) is 0 Å². The molecule has 2 fully saturated rings. The van der Waals surface area contributed by atoms with Crippen LogP contribution < -0.4 is 5.32 Å². The molecular weight excluding hydrogens is 931 g/mol. The van der Waals surface area contributed by atoms with Gasteiger partial charge in [0.05, 0.1) is 32.0 Å². The topological polar surface area (TPSA) is 228 Å². The van der Waals surface area contributed by atoms with Gasteiger partial charge in [0.25, 0.3) is 0 Å². The standard InChI is InChI=1S/C59H109NO13/c1-3-5-7-9-11-13-15-17-19-20-21-22-23-24-25-26-27-28-29-31-33-35-37-39-41-43-51(64)60-47(48(63)42-40-38-36-34-32-30-18-16-14-12-10-8-6-4-2)46-70-58-56(69)54(67)57(50(45-62)72-58)73-59-55(68)53(66)52(65)49(44-61)71-59/h15,17,20-21,40,42,47-50,52-59,61-63,65-69H,3-14,16,18-19,22-39,41,43-46H2,1-2H3,(H,60,64)/b17-15-,21-20-,42-40+. The third-order valence-electron chi connectivity index (χ3n) is 14.6. The summed E-state index contributed by atoms with van der Waals surface area (Å²) >= 11 is 0. The summed E-state index contributed by atoms with van der Waals surface area (Å²) < 4.78 is 22.8. The number of rotatable bonds is 47. The minimum Gasteiger partial charge on any atom is -0.394 e. The number of carbonyl (C=O) groups excluding carboxylic acids is 1. The first-order valence-corrected chi connectivity index (χ1v) is 29.7. The molecule has 428 valence electrons. The fourth-order valence-corrected chi connectivity index (χ4v) is 9.73. The van der Waals surface area contributed by atoms with Crippen molar-refractivity contribution < 1.29 is 64.6 Å². The molecule has 0 aromatic heterocycles. The molecule has 1 amide bonds. The number of unbranched alkanes of at least 4 members (excludes halogenated alkanes) is 30. The van der Waals surface area contributed by atoms with Crippen molar-refractivity contribution in [3.8, 4) is 0 Å². The van der Waals surface area contributed by atoms with Crippen LogP contribution in [-0.4, -0.2) is 140 Å². The molecule has 12 atom stereocenters. The number of aliphatic hydroxyl groups is 8. The van der Waals surface area contributed by atoms with E-state index in [0.717, 1.165) is 44.9 Å². The van der Waals surface area contributed by atoms with Gasteiger partial charge in [-0.15, -0.1) is 0 Å². The summed E-state index contributed by atoms with van der Waals surface area (Å²) in [7, 11) is 0. The SMILES string of the molecule is CCCCCCC/C=C\C/C=C\CCCCCCCCCCCCCCCC(=O)NC(COC1OC(CO)C(OC2OC(CO)C(O)C(O)C2O)C(O)C1O)C(O)/C=C/CCCCCCCCCCCCCC. The number of hydrogen-bond acceptors (Lipinski definition) is 13. The van der Waals surface area contributed by atoms with Crippen molar-refractivity contribution >= 4 is 5.91 Å². The van der Waals surface area contributed by atoms with E-state index in [0.29, 0.717) is 6.42 Å². The zero-order valence-corrected chi connectivity index (χ0v) is 45.9. The van der Waals surface area contributed by atoms with E-state index in [9.17, 15) is 45.6 Å². The van der Waals surface area contributed by atoms with Crippen LogP contribution in [0, 0.1) is 0 Å². The maximum atomic E-state index is 13.2. The number of allylic oxidation sites excluding steroid dienone is 5. The summed E-state index contributed by atoms with van der Waals surface area (Å²) in [5, 5.41) is 87.0. The first-order chi connectivity index (χ1) is 35.6. The fourth-order valence-electron chi connectivity index (χ4n) is 9.73. The van der Waals surface area contributed by atoms with Gasteiger partial charge in [-0.1, -0.05) is 217 Å². The second-order valence-corrected chi connectivity index (χ2v) is 21.1. The van der Waals surface area contributed by atoms with E-state index >= 15 is 0 Å². The van der Waals surface area contributed by atoms with Crippen LogP contribution in [0.4, 0.5) is 0 Å². The van der Waals surface area contributed by atoms with Crippen LogP contribution in [-0.2, 0) is 23.7 Å². The van der Waals surface area contributed by atoms with E-state index in [4.69, 9.17) is 18.9 Å². The second-order valence-electron chi connectivity index (χ2n) is 21.1. The largest absolute Gasteiger partial charge is 0.394 e. The lowest BCUT2D eigenvalue weighted by Crippen LogP contribution is -2.65. The first-order valence-electron chi connectivity index (χ1n) is 29.7. The molecule has 73 heavy (non-hydrogen) atoms. The van der Waals surface area contributed by atoms with E-state index < -0.39 is 86.8 Å². The Morgan fingerprint density at radius 3 is 1.37 bits per heavy atom. The number of carbonyl (C=O) groups is 1. The van der Waals surface area contributed by atoms with E-state index in [2.05, 4.69) is 43.5 Å². The lowest BCUT2D eigenvalue weighted by atomic mass is 9.97. The molecule has 14 heteroatoms. The Morgan fingerprint density at radius 1 is 0.493 bits per heavy atom. The van der Waals surface area contributed by atoms with Gasteiger partial charge in [0.15, 0.2) is 12.6 Å². The number of nitrogens with one attached hydrogen (secondary N) is 1. The summed E-state index contributed by atoms with van der Waals surface area (Å²) in [5.74, 6) is -0.239. The van der Waals surface area contributed by atoms with E-state index in [-0.39, 0.29) is 18.9 Å². The average Bonchev–Trinajstić information content (AvgIpc) is 3.39. The van der Waals surface area contributed by atoms with Gasteiger partial charge in [0.1, 0.15) is 48.8 Å². The zero-order valence-electron chi connectivity index (χ0n) is 45.9. The number of amides is 1. The molecule has 2 aliphatic heterocycles. The van der Waals surface area contributed by atoms with Crippen molar-refractivity contribution in [2.75, 3.05) is 19.8 Å². The molecule has 0 bridgehead atoms. The summed E-state index contributed by atoms with van der Waals surface area (Å²) in [6.07, 6.45) is 37.5. The van der Waals surface area contributed by atoms with Crippen molar-refractivity contribution in [1.82, 2.24) is 5.32 Å². The quantitative estimate of drug-likeness (QED) is 0.0205. The molecule has 12 unspecified atom stereocenters. The van der Waals surface area contributed by atoms with E-state index in [1.807, 2.05) is 6.08 Å². The van der Waals surface area contributed by atoms with E-state index in [1.165, 1.54) is 167 Å². The molecule has 2 saturated heterocycles. The fraction of sp³-hybridized carbons (Fsp3) is 0.881. The van der Waals surface area contributed by atoms with Gasteiger partial charge in [0.2, 0.25) is 5.91 Å². The van der Waals surface area contributed by atoms with Crippen LogP contribution in [0.3, 0.4) is 0 Å². The summed E-state index contributed by atoms with van der Waals surface area (Å²) in [6.45, 7) is 2.79. The molecule has 14 nitrogen and oxygen atoms in total. The lowest BCUT2D eigenvalue weighted by molar-refractivity contribution is -0.359. The molecule has 2 aliphatic rings. The summed E-state index contributed by atoms with van der Waals surface area (Å²) in [6, 6.07) is -0.913. The van der Waals surface area contributed by atoms with Gasteiger partial charge < -0.3 is 65.1 Å². The number of aliphatic hydroxyl groups excluding tert-OH is 8. The van der Waals surface area contributed by atoms with Crippen molar-refractivity contribution in [2.24, 2.45) is 0 Å². The Bertz CT molecular complexity index is 1370. The predicted molar refractivity (Wildman–Crippen MR) is 291 cm³/mol. The van der Waals surface area contributed by atoms with Crippen LogP contribution in [0.1, 0.15) is 239 Å². The van der Waals surface area contributed by atoms with Gasteiger partial charge in [-0.2, -0.15) is 0 Å². The molecule has 0 aromatic carbocycles. The number of ether oxygens (including phenoxy) is 4. The molecular formula is C59H109NO13. The van der Waals surface area contributed by atoms with Crippen LogP contribution in [0.2, 0.25) is 0 Å². The molecule has 0 aromatic rings. The van der Waals surface area contributed by atoms with Crippen molar-refractivity contribution in [3.05, 3.63) is 36.5 Å². The highest BCUT2D eigenvalue weighted by Gasteiger charge is 2.51. The lowest BCUT2D eigenvalue weighted by Gasteiger charge is -2.46. The van der Waals surface area contributed by atoms with Gasteiger partial charge >= 0.3 is 0 Å². The Kier molecular flexibility index (Phi) is 41.7. The van der Waals surface area contributed by atoms with Crippen LogP contribution in [0.15, 0.2) is 36.5 Å². The van der Waals surface area contributed by atoms with Crippen LogP contribution in [0.5, 0.6) is 0 Å². The molecule has 2 rings (SSSR count). The van der Waals surface area contributed by atoms with Gasteiger partial charge in [-0.3, -0.25) is 4.79 Å². The van der Waals surface area contributed by atoms with E-state index in [1.54, 1.807) is 6.08 Å². The van der Waals surface area contributed by atoms with Crippen molar-refractivity contribution in [1.29, 1.82) is 0 Å². The average molecular weight is 1040 g/mol. The highest BCUT2D eigenvalue weighted by molar-refractivity contribution is 5.76. The third-order valence-corrected chi connectivity index (χ3v) is 14.6. The zero-order chi connectivity index (χ0) is 53.2. The third kappa shape index (κ3) is 31.3. The maximum Gasteiger partial charge on any atom is 0.220 e. The smallest absolute Gasteiger partial charge is 0.220 e. The van der Waals surface area contributed by atoms with Crippen LogP contribution >= 0.6 is 0 Å². The minimum atomic E-state index is -1.79. The first kappa shape index (κ1) is 67.3. The van der Waals surface area contributed by atoms with Gasteiger partial charge in [0, 0.05) is 6.42 Å². The highest BCUT2D eigenvalue weighted by Crippen LogP contribution is 2.30. The number of hydrogen-bond donors (Lipinski definition) is 9. The second kappa shape index (κ2) is 45.3. The maximum absolute atomic E-state index is 13.2. The van der Waals surface area contributed by atoms with Crippen molar-refractivity contribution in [2.45, 2.75) is 312 Å². The van der Waals surface area contributed by atoms with Gasteiger partial charge in [-0.25, -0.2) is 0 Å². The molecule has 0 radical (unpaired) electrons. The Hall–Kier alpha value is -1.79. The summed E-state index contributed by atoms with van der Waals surface area (Å²) in [5.41, 5.74) is 0. The highest BCUT2D eigenvalue weighted by atomic mass is 16.7. The predicted octanol–water partition coefficient (Wildman–Crippen LogP) is 9.83. The minimum absolute atomic E-state index is 0.239. The normalized spacial score (nSPS) is 25.6. The Labute approximate surface area is 442 Å². The Morgan fingerprint density at radius 2 is 0.904 bits per heavy atom. The molecule has 0 spiro atoms. The summed E-state index contributed by atoms with van der Waals surface area (Å²) in [4.78, 5) is 13.2. The Balaban J connectivity index is 1.73. The molecule has 0 saturated carbocycles.